The Morgan fingerprint density at radius 1 is 0.929 bits per heavy atom. The van der Waals surface area contributed by atoms with Crippen LogP contribution in [0, 0.1) is 0 Å². The van der Waals surface area contributed by atoms with Gasteiger partial charge in [0, 0.05) is 6.04 Å². The molecular weight excluding hydrogens is 372 g/mol. The standard InChI is InChI=1S/C22H22N2O3S/c25-22(23-18-13-14-28(26,27)15-18)24-21(17-8-2-1-3-9-17)20-12-6-10-16-7-4-5-11-19(16)20/h1-12,18,21H,13-15H2,(H2,23,24,25)/t18-,21+/m1/s1. The first-order chi connectivity index (χ1) is 13.5. The molecule has 2 atom stereocenters. The average molecular weight is 394 g/mol. The molecule has 0 bridgehead atoms. The normalized spacial score (nSPS) is 19.2. The lowest BCUT2D eigenvalue weighted by Crippen LogP contribution is -2.44. The van der Waals surface area contributed by atoms with Gasteiger partial charge < -0.3 is 10.6 Å². The molecule has 1 aliphatic heterocycles. The largest absolute Gasteiger partial charge is 0.334 e. The first kappa shape index (κ1) is 18.5. The molecule has 2 amide bonds. The van der Waals surface area contributed by atoms with Crippen LogP contribution in [0.3, 0.4) is 0 Å². The van der Waals surface area contributed by atoms with Crippen LogP contribution in [0.1, 0.15) is 23.6 Å². The quantitative estimate of drug-likeness (QED) is 0.712. The summed E-state index contributed by atoms with van der Waals surface area (Å²) in [6, 6.07) is 22.8. The first-order valence-corrected chi connectivity index (χ1v) is 11.1. The smallest absolute Gasteiger partial charge is 0.315 e. The fourth-order valence-electron chi connectivity index (χ4n) is 3.76. The lowest BCUT2D eigenvalue weighted by molar-refractivity contribution is 0.236. The van der Waals surface area contributed by atoms with Gasteiger partial charge >= 0.3 is 6.03 Å². The van der Waals surface area contributed by atoms with Crippen LogP contribution in [-0.2, 0) is 9.84 Å². The number of nitrogens with one attached hydrogen (secondary N) is 2. The van der Waals surface area contributed by atoms with Crippen molar-refractivity contribution in [1.82, 2.24) is 10.6 Å². The number of carbonyl (C=O) groups is 1. The summed E-state index contributed by atoms with van der Waals surface area (Å²) < 4.78 is 23.3. The number of hydrogen-bond acceptors (Lipinski definition) is 3. The molecule has 4 rings (SSSR count). The second kappa shape index (κ2) is 7.64. The molecular formula is C22H22N2O3S. The molecule has 0 unspecified atom stereocenters. The highest BCUT2D eigenvalue weighted by molar-refractivity contribution is 7.91. The van der Waals surface area contributed by atoms with Crippen molar-refractivity contribution in [2.75, 3.05) is 11.5 Å². The zero-order valence-electron chi connectivity index (χ0n) is 15.3. The van der Waals surface area contributed by atoms with Gasteiger partial charge in [0.1, 0.15) is 0 Å². The van der Waals surface area contributed by atoms with Crippen molar-refractivity contribution < 1.29 is 13.2 Å². The lowest BCUT2D eigenvalue weighted by Gasteiger charge is -2.23. The zero-order valence-corrected chi connectivity index (χ0v) is 16.2. The molecule has 1 saturated heterocycles. The number of rotatable bonds is 4. The molecule has 5 nitrogen and oxygen atoms in total. The summed E-state index contributed by atoms with van der Waals surface area (Å²) in [6.45, 7) is 0. The molecule has 0 aromatic heterocycles. The molecule has 1 aliphatic rings. The van der Waals surface area contributed by atoms with Crippen LogP contribution in [0.5, 0.6) is 0 Å². The maximum atomic E-state index is 12.7. The maximum Gasteiger partial charge on any atom is 0.315 e. The van der Waals surface area contributed by atoms with E-state index in [1.807, 2.05) is 72.8 Å². The number of carbonyl (C=O) groups excluding carboxylic acids is 1. The molecule has 3 aromatic rings. The molecule has 3 aromatic carbocycles. The SMILES string of the molecule is O=C(N[C@@H]1CCS(=O)(=O)C1)N[C@@H](c1ccccc1)c1cccc2ccccc12. The van der Waals surface area contributed by atoms with Gasteiger partial charge in [-0.1, -0.05) is 72.8 Å². The second-order valence-corrected chi connectivity index (χ2v) is 9.36. The van der Waals surface area contributed by atoms with Gasteiger partial charge in [-0.25, -0.2) is 13.2 Å². The van der Waals surface area contributed by atoms with E-state index in [0.29, 0.717) is 6.42 Å². The van der Waals surface area contributed by atoms with Crippen LogP contribution < -0.4 is 10.6 Å². The van der Waals surface area contributed by atoms with Crippen LogP contribution in [0.4, 0.5) is 4.79 Å². The van der Waals surface area contributed by atoms with Crippen molar-refractivity contribution in [3.8, 4) is 0 Å². The number of urea groups is 1. The topological polar surface area (TPSA) is 75.3 Å². The van der Waals surface area contributed by atoms with Gasteiger partial charge in [0.15, 0.2) is 9.84 Å². The molecule has 144 valence electrons. The van der Waals surface area contributed by atoms with Crippen LogP contribution >= 0.6 is 0 Å². The van der Waals surface area contributed by atoms with Crippen molar-refractivity contribution in [1.29, 1.82) is 0 Å². The summed E-state index contributed by atoms with van der Waals surface area (Å²) in [7, 11) is -3.05. The Balaban J connectivity index is 1.64. The summed E-state index contributed by atoms with van der Waals surface area (Å²) in [6.07, 6.45) is 0.458. The van der Waals surface area contributed by atoms with E-state index in [1.54, 1.807) is 0 Å². The Morgan fingerprint density at radius 3 is 2.39 bits per heavy atom. The van der Waals surface area contributed by atoms with Gasteiger partial charge in [-0.2, -0.15) is 0 Å². The average Bonchev–Trinajstić information content (AvgIpc) is 3.04. The molecule has 0 saturated carbocycles. The van der Waals surface area contributed by atoms with Crippen LogP contribution in [0.15, 0.2) is 72.8 Å². The third-order valence-electron chi connectivity index (χ3n) is 5.11. The fourth-order valence-corrected chi connectivity index (χ4v) is 5.43. The molecule has 0 aliphatic carbocycles. The van der Waals surface area contributed by atoms with E-state index in [4.69, 9.17) is 0 Å². The predicted octanol–water partition coefficient (Wildman–Crippen LogP) is 3.42. The van der Waals surface area contributed by atoms with Crippen molar-refractivity contribution in [2.24, 2.45) is 0 Å². The van der Waals surface area contributed by atoms with Crippen LogP contribution in [0.2, 0.25) is 0 Å². The Morgan fingerprint density at radius 2 is 1.64 bits per heavy atom. The Kier molecular flexibility index (Phi) is 5.05. The van der Waals surface area contributed by atoms with Crippen molar-refractivity contribution in [3.63, 3.8) is 0 Å². The molecule has 1 heterocycles. The van der Waals surface area contributed by atoms with E-state index in [9.17, 15) is 13.2 Å². The van der Waals surface area contributed by atoms with Gasteiger partial charge in [-0.3, -0.25) is 0 Å². The number of amides is 2. The molecule has 1 fully saturated rings. The van der Waals surface area contributed by atoms with E-state index in [2.05, 4.69) is 10.6 Å². The maximum absolute atomic E-state index is 12.7. The molecule has 2 N–H and O–H groups in total. The minimum Gasteiger partial charge on any atom is -0.334 e. The minimum absolute atomic E-state index is 0.00465. The van der Waals surface area contributed by atoms with Crippen molar-refractivity contribution in [2.45, 2.75) is 18.5 Å². The third kappa shape index (κ3) is 4.02. The molecule has 0 radical (unpaired) electrons. The highest BCUT2D eigenvalue weighted by Crippen LogP contribution is 2.29. The summed E-state index contributed by atoms with van der Waals surface area (Å²) in [5, 5.41) is 8.05. The first-order valence-electron chi connectivity index (χ1n) is 9.32. The summed E-state index contributed by atoms with van der Waals surface area (Å²) in [5.41, 5.74) is 1.96. The van der Waals surface area contributed by atoms with Gasteiger partial charge in [0.25, 0.3) is 0 Å². The Bertz CT molecular complexity index is 1090. The van der Waals surface area contributed by atoms with Crippen LogP contribution in [0.25, 0.3) is 10.8 Å². The van der Waals surface area contributed by atoms with E-state index in [-0.39, 0.29) is 29.6 Å². The lowest BCUT2D eigenvalue weighted by atomic mass is 9.94. The van der Waals surface area contributed by atoms with E-state index < -0.39 is 9.84 Å². The number of sulfone groups is 1. The predicted molar refractivity (Wildman–Crippen MR) is 111 cm³/mol. The molecule has 28 heavy (non-hydrogen) atoms. The van der Waals surface area contributed by atoms with Crippen molar-refractivity contribution in [3.05, 3.63) is 83.9 Å². The summed E-state index contributed by atoms with van der Waals surface area (Å²) in [4.78, 5) is 12.7. The van der Waals surface area contributed by atoms with E-state index in [1.165, 1.54) is 0 Å². The fraction of sp³-hybridized carbons (Fsp3) is 0.227. The molecule has 0 spiro atoms. The highest BCUT2D eigenvalue weighted by atomic mass is 32.2. The Labute approximate surface area is 164 Å². The minimum atomic E-state index is -3.05. The second-order valence-electron chi connectivity index (χ2n) is 7.13. The Hall–Kier alpha value is -2.86. The van der Waals surface area contributed by atoms with Gasteiger partial charge in [0.2, 0.25) is 0 Å². The summed E-state index contributed by atoms with van der Waals surface area (Å²) in [5.74, 6) is 0.133. The molecule has 6 heteroatoms. The third-order valence-corrected chi connectivity index (χ3v) is 6.88. The number of hydrogen-bond donors (Lipinski definition) is 2. The number of fused-ring (bicyclic) bond motifs is 1. The summed E-state index contributed by atoms with van der Waals surface area (Å²) >= 11 is 0. The van der Waals surface area contributed by atoms with E-state index >= 15 is 0 Å². The van der Waals surface area contributed by atoms with E-state index in [0.717, 1.165) is 21.9 Å². The monoisotopic (exact) mass is 394 g/mol. The number of benzene rings is 3. The zero-order chi connectivity index (χ0) is 19.6. The van der Waals surface area contributed by atoms with Gasteiger partial charge in [-0.15, -0.1) is 0 Å². The van der Waals surface area contributed by atoms with Gasteiger partial charge in [0.05, 0.1) is 17.5 Å². The van der Waals surface area contributed by atoms with Crippen LogP contribution in [-0.4, -0.2) is 32.0 Å². The van der Waals surface area contributed by atoms with Gasteiger partial charge in [-0.05, 0) is 28.3 Å². The van der Waals surface area contributed by atoms with Crippen molar-refractivity contribution >= 4 is 26.6 Å². The highest BCUT2D eigenvalue weighted by Gasteiger charge is 2.29.